The Bertz CT molecular complexity index is 488. The maximum absolute atomic E-state index is 11.8. The summed E-state index contributed by atoms with van der Waals surface area (Å²) < 4.78 is 12.1. The average molecular weight is 254 g/mol. The standard InChI is InChI=1S/C11H18N4O3/c1-6-4-15(11(16)14-9(6)13)10-8(12)3-7(18-10)5-17-2/h4,7-8,10H,3,5,12H2,1-2H3,(H2,13,14,16)/t7-,8?,10+/m0/s1. The van der Waals surface area contributed by atoms with Crippen molar-refractivity contribution >= 4 is 5.82 Å². The number of rotatable bonds is 3. The number of nitrogens with zero attached hydrogens (tertiary/aromatic N) is 2. The van der Waals surface area contributed by atoms with Gasteiger partial charge in [0.15, 0.2) is 6.23 Å². The largest absolute Gasteiger partial charge is 0.383 e. The summed E-state index contributed by atoms with van der Waals surface area (Å²) in [5.41, 5.74) is 11.8. The van der Waals surface area contributed by atoms with Gasteiger partial charge in [-0.2, -0.15) is 4.98 Å². The highest BCUT2D eigenvalue weighted by molar-refractivity contribution is 5.35. The van der Waals surface area contributed by atoms with E-state index in [9.17, 15) is 4.79 Å². The maximum Gasteiger partial charge on any atom is 0.351 e. The van der Waals surface area contributed by atoms with E-state index < -0.39 is 11.9 Å². The van der Waals surface area contributed by atoms with Crippen molar-refractivity contribution in [3.63, 3.8) is 0 Å². The van der Waals surface area contributed by atoms with Crippen molar-refractivity contribution in [3.05, 3.63) is 22.2 Å². The molecule has 7 nitrogen and oxygen atoms in total. The van der Waals surface area contributed by atoms with Gasteiger partial charge >= 0.3 is 5.69 Å². The zero-order valence-electron chi connectivity index (χ0n) is 10.5. The van der Waals surface area contributed by atoms with Crippen molar-refractivity contribution in [3.8, 4) is 0 Å². The number of ether oxygens (including phenoxy) is 2. The van der Waals surface area contributed by atoms with Gasteiger partial charge in [-0.05, 0) is 13.3 Å². The lowest BCUT2D eigenvalue weighted by Crippen LogP contribution is -2.36. The fourth-order valence-electron chi connectivity index (χ4n) is 2.10. The van der Waals surface area contributed by atoms with Crippen LogP contribution < -0.4 is 17.2 Å². The van der Waals surface area contributed by atoms with Crippen LogP contribution in [0.25, 0.3) is 0 Å². The molecule has 0 bridgehead atoms. The summed E-state index contributed by atoms with van der Waals surface area (Å²) in [6.45, 7) is 2.24. The Hall–Kier alpha value is -1.44. The molecule has 100 valence electrons. The molecule has 0 spiro atoms. The second-order valence-electron chi connectivity index (χ2n) is 4.50. The average Bonchev–Trinajstić information content (AvgIpc) is 2.65. The highest BCUT2D eigenvalue weighted by atomic mass is 16.5. The molecule has 18 heavy (non-hydrogen) atoms. The van der Waals surface area contributed by atoms with Gasteiger partial charge in [-0.1, -0.05) is 0 Å². The van der Waals surface area contributed by atoms with Crippen LogP contribution in [0, 0.1) is 6.92 Å². The van der Waals surface area contributed by atoms with Crippen LogP contribution >= 0.6 is 0 Å². The van der Waals surface area contributed by atoms with Crippen molar-refractivity contribution in [2.45, 2.75) is 31.7 Å². The number of anilines is 1. The molecule has 1 fully saturated rings. The van der Waals surface area contributed by atoms with Crippen LogP contribution in [0.4, 0.5) is 5.82 Å². The van der Waals surface area contributed by atoms with E-state index in [1.165, 1.54) is 4.57 Å². The first-order chi connectivity index (χ1) is 8.52. The molecule has 1 unspecified atom stereocenters. The molecule has 1 aromatic rings. The van der Waals surface area contributed by atoms with E-state index in [1.54, 1.807) is 20.2 Å². The third-order valence-corrected chi connectivity index (χ3v) is 3.03. The van der Waals surface area contributed by atoms with Gasteiger partial charge in [0.2, 0.25) is 0 Å². The van der Waals surface area contributed by atoms with E-state index in [0.717, 1.165) is 5.56 Å². The molecule has 0 aliphatic carbocycles. The molecule has 0 aromatic carbocycles. The van der Waals surface area contributed by atoms with Gasteiger partial charge in [-0.15, -0.1) is 0 Å². The second-order valence-corrected chi connectivity index (χ2v) is 4.50. The second kappa shape index (κ2) is 5.05. The fraction of sp³-hybridized carbons (Fsp3) is 0.636. The number of aryl methyl sites for hydroxylation is 1. The normalized spacial score (nSPS) is 27.6. The van der Waals surface area contributed by atoms with Crippen molar-refractivity contribution in [1.29, 1.82) is 0 Å². The Morgan fingerprint density at radius 2 is 2.39 bits per heavy atom. The highest BCUT2D eigenvalue weighted by Gasteiger charge is 2.34. The zero-order chi connectivity index (χ0) is 13.3. The number of hydrogen-bond acceptors (Lipinski definition) is 6. The van der Waals surface area contributed by atoms with E-state index in [-0.39, 0.29) is 18.0 Å². The summed E-state index contributed by atoms with van der Waals surface area (Å²) in [7, 11) is 1.60. The van der Waals surface area contributed by atoms with Gasteiger partial charge in [0.05, 0.1) is 18.8 Å². The minimum absolute atomic E-state index is 0.0974. The lowest BCUT2D eigenvalue weighted by atomic mass is 10.2. The molecule has 0 saturated carbocycles. The zero-order valence-corrected chi connectivity index (χ0v) is 10.5. The van der Waals surface area contributed by atoms with Crippen LogP contribution in [0.5, 0.6) is 0 Å². The molecule has 1 aliphatic heterocycles. The van der Waals surface area contributed by atoms with Gasteiger partial charge in [0.25, 0.3) is 0 Å². The first-order valence-electron chi connectivity index (χ1n) is 5.78. The first-order valence-corrected chi connectivity index (χ1v) is 5.78. The van der Waals surface area contributed by atoms with Crippen LogP contribution in [-0.2, 0) is 9.47 Å². The Labute approximate surface area is 105 Å². The number of aromatic nitrogens is 2. The number of hydrogen-bond donors (Lipinski definition) is 2. The number of nitrogens with two attached hydrogens (primary N) is 2. The van der Waals surface area contributed by atoms with Gasteiger partial charge < -0.3 is 20.9 Å². The minimum atomic E-state index is -0.510. The van der Waals surface area contributed by atoms with E-state index >= 15 is 0 Å². The molecule has 0 amide bonds. The lowest BCUT2D eigenvalue weighted by Gasteiger charge is -2.18. The van der Waals surface area contributed by atoms with Gasteiger partial charge in [-0.25, -0.2) is 4.79 Å². The van der Waals surface area contributed by atoms with E-state index in [1.807, 2.05) is 0 Å². The molecule has 0 radical (unpaired) electrons. The highest BCUT2D eigenvalue weighted by Crippen LogP contribution is 2.26. The Morgan fingerprint density at radius 3 is 3.06 bits per heavy atom. The summed E-state index contributed by atoms with van der Waals surface area (Å²) in [6.07, 6.45) is 1.67. The van der Waals surface area contributed by atoms with E-state index in [4.69, 9.17) is 20.9 Å². The Morgan fingerprint density at radius 1 is 1.67 bits per heavy atom. The SMILES string of the molecule is COC[C@@H]1CC(N)[C@H](n2cc(C)c(N)nc2=O)O1. The summed E-state index contributed by atoms with van der Waals surface area (Å²) >= 11 is 0. The summed E-state index contributed by atoms with van der Waals surface area (Å²) in [4.78, 5) is 15.5. The van der Waals surface area contributed by atoms with Crippen molar-refractivity contribution in [1.82, 2.24) is 9.55 Å². The van der Waals surface area contributed by atoms with Gasteiger partial charge in [0, 0.05) is 18.9 Å². The Balaban J connectivity index is 2.27. The predicted molar refractivity (Wildman–Crippen MR) is 66.0 cm³/mol. The van der Waals surface area contributed by atoms with Gasteiger partial charge in [-0.3, -0.25) is 4.57 Å². The number of nitrogen functional groups attached to an aromatic ring is 1. The molecule has 7 heteroatoms. The van der Waals surface area contributed by atoms with Crippen molar-refractivity contribution in [2.24, 2.45) is 5.73 Å². The molecule has 1 saturated heterocycles. The third-order valence-electron chi connectivity index (χ3n) is 3.03. The predicted octanol–water partition coefficient (Wildman–Crippen LogP) is -0.605. The molecule has 2 heterocycles. The van der Waals surface area contributed by atoms with E-state index in [0.29, 0.717) is 13.0 Å². The van der Waals surface area contributed by atoms with Crippen LogP contribution in [0.2, 0.25) is 0 Å². The quantitative estimate of drug-likeness (QED) is 0.745. The molecule has 1 aromatic heterocycles. The van der Waals surface area contributed by atoms with Crippen LogP contribution in [0.3, 0.4) is 0 Å². The van der Waals surface area contributed by atoms with E-state index in [2.05, 4.69) is 4.98 Å². The topological polar surface area (TPSA) is 105 Å². The minimum Gasteiger partial charge on any atom is -0.383 e. The lowest BCUT2D eigenvalue weighted by molar-refractivity contribution is -0.0364. The Kier molecular flexibility index (Phi) is 3.65. The molecule has 2 rings (SSSR count). The molecule has 3 atom stereocenters. The first kappa shape index (κ1) is 13.0. The van der Waals surface area contributed by atoms with Crippen LogP contribution in [0.15, 0.2) is 11.0 Å². The smallest absolute Gasteiger partial charge is 0.351 e. The monoisotopic (exact) mass is 254 g/mol. The molecule has 4 N–H and O–H groups in total. The fourth-order valence-corrected chi connectivity index (χ4v) is 2.10. The van der Waals surface area contributed by atoms with Crippen molar-refractivity contribution in [2.75, 3.05) is 19.5 Å². The summed E-state index contributed by atoms with van der Waals surface area (Å²) in [6, 6.07) is -0.257. The van der Waals surface area contributed by atoms with Crippen molar-refractivity contribution < 1.29 is 9.47 Å². The molecule has 1 aliphatic rings. The van der Waals surface area contributed by atoms with Crippen LogP contribution in [-0.4, -0.2) is 35.4 Å². The number of methoxy groups -OCH3 is 1. The third kappa shape index (κ3) is 2.38. The van der Waals surface area contributed by atoms with Crippen LogP contribution in [0.1, 0.15) is 18.2 Å². The summed E-state index contributed by atoms with van der Waals surface area (Å²) in [5.74, 6) is 0.233. The summed E-state index contributed by atoms with van der Waals surface area (Å²) in [5, 5.41) is 0. The van der Waals surface area contributed by atoms with Gasteiger partial charge in [0.1, 0.15) is 5.82 Å². The maximum atomic E-state index is 11.8. The molecular formula is C11H18N4O3. The molecular weight excluding hydrogens is 236 g/mol.